The van der Waals surface area contributed by atoms with Gasteiger partial charge in [0, 0.05) is 41.5 Å². The van der Waals surface area contributed by atoms with Gasteiger partial charge in [-0.15, -0.1) is 0 Å². The number of anilines is 2. The van der Waals surface area contributed by atoms with Gasteiger partial charge in [-0.05, 0) is 30.2 Å². The number of amides is 1. The first-order valence-corrected chi connectivity index (χ1v) is 10.7. The molecule has 0 aliphatic heterocycles. The summed E-state index contributed by atoms with van der Waals surface area (Å²) in [6.07, 6.45) is 2.58. The van der Waals surface area contributed by atoms with Crippen LogP contribution in [0.15, 0.2) is 60.8 Å². The number of para-hydroxylation sites is 2. The molecule has 0 unspecified atom stereocenters. The smallest absolute Gasteiger partial charge is 0.253 e. The fourth-order valence-electron chi connectivity index (χ4n) is 3.88. The quantitative estimate of drug-likeness (QED) is 0.324. The van der Waals surface area contributed by atoms with Crippen molar-refractivity contribution in [3.63, 3.8) is 0 Å². The van der Waals surface area contributed by atoms with E-state index in [4.69, 9.17) is 14.2 Å². The Balaban J connectivity index is 1.53. The summed E-state index contributed by atoms with van der Waals surface area (Å²) in [5.74, 6) is 0.294. The van der Waals surface area contributed by atoms with Gasteiger partial charge in [-0.2, -0.15) is 0 Å². The molecule has 0 radical (unpaired) electrons. The summed E-state index contributed by atoms with van der Waals surface area (Å²) >= 11 is 0. The van der Waals surface area contributed by atoms with Gasteiger partial charge in [0.25, 0.3) is 5.91 Å². The zero-order valence-corrected chi connectivity index (χ0v) is 19.2. The lowest BCUT2D eigenvalue weighted by atomic mass is 10.1. The van der Waals surface area contributed by atoms with Crippen molar-refractivity contribution in [2.45, 2.75) is 6.42 Å². The summed E-state index contributed by atoms with van der Waals surface area (Å²) in [6.45, 7) is 0.404. The third kappa shape index (κ3) is 4.61. The lowest BCUT2D eigenvalue weighted by molar-refractivity contribution is 0.0954. The molecule has 0 saturated carbocycles. The molecule has 3 aromatic carbocycles. The molecule has 4 aromatic rings. The molecule has 0 atom stereocenters. The number of ether oxygens (including phenoxy) is 3. The summed E-state index contributed by atoms with van der Waals surface area (Å²) in [6, 6.07) is 15.7. The highest BCUT2D eigenvalue weighted by atomic mass is 19.1. The van der Waals surface area contributed by atoms with Crippen molar-refractivity contribution in [2.75, 3.05) is 33.2 Å². The molecular weight excluding hydrogens is 437 g/mol. The number of aromatic nitrogens is 1. The average Bonchev–Trinajstić information content (AvgIpc) is 3.27. The van der Waals surface area contributed by atoms with Gasteiger partial charge in [-0.25, -0.2) is 4.39 Å². The number of hydrogen-bond acceptors (Lipinski definition) is 5. The average molecular weight is 464 g/mol. The normalized spacial score (nSPS) is 10.7. The minimum Gasteiger partial charge on any atom is -0.493 e. The molecule has 0 bridgehead atoms. The second kappa shape index (κ2) is 10.2. The van der Waals surface area contributed by atoms with E-state index in [2.05, 4.69) is 15.6 Å². The Bertz CT molecular complexity index is 1290. The number of rotatable bonds is 9. The summed E-state index contributed by atoms with van der Waals surface area (Å²) in [7, 11) is 4.50. The third-order valence-electron chi connectivity index (χ3n) is 5.55. The molecule has 34 heavy (non-hydrogen) atoms. The maximum atomic E-state index is 14.8. The number of nitrogens with one attached hydrogen (secondary N) is 3. The van der Waals surface area contributed by atoms with E-state index in [-0.39, 0.29) is 17.2 Å². The van der Waals surface area contributed by atoms with Crippen LogP contribution >= 0.6 is 0 Å². The maximum absolute atomic E-state index is 14.8. The maximum Gasteiger partial charge on any atom is 0.253 e. The number of benzene rings is 3. The van der Waals surface area contributed by atoms with E-state index < -0.39 is 5.82 Å². The molecule has 8 heteroatoms. The van der Waals surface area contributed by atoms with Gasteiger partial charge >= 0.3 is 0 Å². The molecule has 0 aliphatic rings. The molecule has 0 fully saturated rings. The van der Waals surface area contributed by atoms with Gasteiger partial charge in [-0.3, -0.25) is 4.79 Å². The van der Waals surface area contributed by atoms with Crippen LogP contribution < -0.4 is 24.8 Å². The Labute approximate surface area is 196 Å². The van der Waals surface area contributed by atoms with Crippen molar-refractivity contribution < 1.29 is 23.4 Å². The molecule has 7 nitrogen and oxygen atoms in total. The van der Waals surface area contributed by atoms with Crippen molar-refractivity contribution >= 4 is 28.2 Å². The Morgan fingerprint density at radius 2 is 1.71 bits per heavy atom. The molecule has 3 N–H and O–H groups in total. The van der Waals surface area contributed by atoms with Crippen LogP contribution in [-0.2, 0) is 6.42 Å². The van der Waals surface area contributed by atoms with E-state index in [0.717, 1.165) is 16.5 Å². The van der Waals surface area contributed by atoms with Crippen LogP contribution in [0.25, 0.3) is 10.9 Å². The minimum atomic E-state index is -0.557. The van der Waals surface area contributed by atoms with Gasteiger partial charge in [0.15, 0.2) is 11.5 Å². The van der Waals surface area contributed by atoms with Crippen LogP contribution in [0.1, 0.15) is 15.9 Å². The van der Waals surface area contributed by atoms with E-state index in [1.54, 1.807) is 18.2 Å². The number of hydrogen-bond donors (Lipinski definition) is 3. The largest absolute Gasteiger partial charge is 0.493 e. The van der Waals surface area contributed by atoms with Crippen LogP contribution in [0.3, 0.4) is 0 Å². The van der Waals surface area contributed by atoms with Gasteiger partial charge in [0.1, 0.15) is 5.82 Å². The standard InChI is InChI=1S/C26H26FN3O4/c1-32-22-13-17(14-23(33-2)25(22)34-3)30-24-19(8-6-9-20(24)27)26(31)28-12-11-16-15-29-21-10-5-4-7-18(16)21/h4-10,13-15,29-30H,11-12H2,1-3H3,(H,28,31). The zero-order valence-electron chi connectivity index (χ0n) is 19.2. The SMILES string of the molecule is COc1cc(Nc2c(F)cccc2C(=O)NCCc2c[nH]c3ccccc23)cc(OC)c1OC. The van der Waals surface area contributed by atoms with Crippen molar-refractivity contribution in [1.82, 2.24) is 10.3 Å². The van der Waals surface area contributed by atoms with E-state index in [9.17, 15) is 9.18 Å². The van der Waals surface area contributed by atoms with Crippen molar-refractivity contribution in [3.05, 3.63) is 77.7 Å². The molecule has 176 valence electrons. The second-order valence-electron chi connectivity index (χ2n) is 7.57. The summed E-state index contributed by atoms with van der Waals surface area (Å²) < 4.78 is 30.9. The summed E-state index contributed by atoms with van der Waals surface area (Å²) in [4.78, 5) is 16.2. The number of methoxy groups -OCH3 is 3. The first-order valence-electron chi connectivity index (χ1n) is 10.7. The molecule has 0 saturated heterocycles. The van der Waals surface area contributed by atoms with Crippen molar-refractivity contribution in [3.8, 4) is 17.2 Å². The molecule has 1 amide bonds. The predicted octanol–water partition coefficient (Wildman–Crippen LogP) is 5.05. The van der Waals surface area contributed by atoms with Crippen molar-refractivity contribution in [1.29, 1.82) is 0 Å². The number of aromatic amines is 1. The van der Waals surface area contributed by atoms with Crippen LogP contribution in [0.5, 0.6) is 17.2 Å². The van der Waals surface area contributed by atoms with E-state index in [1.165, 1.54) is 33.5 Å². The fourth-order valence-corrected chi connectivity index (χ4v) is 3.88. The van der Waals surface area contributed by atoms with Gasteiger partial charge in [0.2, 0.25) is 5.75 Å². The number of carbonyl (C=O) groups is 1. The monoisotopic (exact) mass is 463 g/mol. The number of halogens is 1. The van der Waals surface area contributed by atoms with E-state index in [0.29, 0.717) is 35.9 Å². The summed E-state index contributed by atoms with van der Waals surface area (Å²) in [5.41, 5.74) is 2.87. The van der Waals surface area contributed by atoms with Crippen LogP contribution in [-0.4, -0.2) is 38.8 Å². The highest BCUT2D eigenvalue weighted by molar-refractivity contribution is 6.00. The first-order chi connectivity index (χ1) is 16.5. The lowest BCUT2D eigenvalue weighted by Gasteiger charge is -2.17. The Morgan fingerprint density at radius 1 is 0.971 bits per heavy atom. The summed E-state index contributed by atoms with van der Waals surface area (Å²) in [5, 5.41) is 7.00. The Kier molecular flexibility index (Phi) is 6.87. The Hall–Kier alpha value is -4.20. The zero-order chi connectivity index (χ0) is 24.1. The third-order valence-corrected chi connectivity index (χ3v) is 5.55. The number of fused-ring (bicyclic) bond motifs is 1. The van der Waals surface area contributed by atoms with Crippen LogP contribution in [0.4, 0.5) is 15.8 Å². The molecule has 1 aromatic heterocycles. The first kappa shape index (κ1) is 23.0. The van der Waals surface area contributed by atoms with E-state index >= 15 is 0 Å². The second-order valence-corrected chi connectivity index (χ2v) is 7.57. The highest BCUT2D eigenvalue weighted by Gasteiger charge is 2.18. The number of carbonyl (C=O) groups excluding carboxylic acids is 1. The molecule has 4 rings (SSSR count). The van der Waals surface area contributed by atoms with Gasteiger partial charge in [0.05, 0.1) is 32.6 Å². The fraction of sp³-hybridized carbons (Fsp3) is 0.192. The molecular formula is C26H26FN3O4. The number of H-pyrrole nitrogens is 1. The van der Waals surface area contributed by atoms with E-state index in [1.807, 2.05) is 30.5 Å². The molecule has 1 heterocycles. The molecule has 0 spiro atoms. The van der Waals surface area contributed by atoms with Crippen molar-refractivity contribution in [2.24, 2.45) is 0 Å². The topological polar surface area (TPSA) is 84.6 Å². The highest BCUT2D eigenvalue weighted by Crippen LogP contribution is 2.41. The lowest BCUT2D eigenvalue weighted by Crippen LogP contribution is -2.26. The van der Waals surface area contributed by atoms with Gasteiger partial charge in [-0.1, -0.05) is 24.3 Å². The Morgan fingerprint density at radius 3 is 2.41 bits per heavy atom. The van der Waals surface area contributed by atoms with Crippen LogP contribution in [0.2, 0.25) is 0 Å². The van der Waals surface area contributed by atoms with Crippen LogP contribution in [0, 0.1) is 5.82 Å². The minimum absolute atomic E-state index is 0.0568. The molecule has 0 aliphatic carbocycles. The predicted molar refractivity (Wildman–Crippen MR) is 130 cm³/mol. The van der Waals surface area contributed by atoms with Gasteiger partial charge < -0.3 is 29.8 Å².